The van der Waals surface area contributed by atoms with Crippen LogP contribution in [-0.2, 0) is 34.1 Å². The molecular formula is C34H32ClF3N8O5. The van der Waals surface area contributed by atoms with Gasteiger partial charge in [0.25, 0.3) is 11.5 Å². The second-order valence-electron chi connectivity index (χ2n) is 13.5. The van der Waals surface area contributed by atoms with Crippen LogP contribution in [0.4, 0.5) is 18.9 Å². The molecular weight excluding hydrogens is 693 g/mol. The zero-order valence-corrected chi connectivity index (χ0v) is 28.1. The van der Waals surface area contributed by atoms with Crippen molar-refractivity contribution in [2.45, 2.75) is 69.6 Å². The molecule has 0 bridgehead atoms. The second-order valence-corrected chi connectivity index (χ2v) is 13.9. The Labute approximate surface area is 293 Å². The molecule has 13 nitrogen and oxygen atoms in total. The number of hydrogen-bond donors (Lipinski definition) is 2. The normalized spacial score (nSPS) is 22.8. The highest BCUT2D eigenvalue weighted by Crippen LogP contribution is 2.57. The number of aromatic nitrogens is 6. The van der Waals surface area contributed by atoms with Crippen LogP contribution in [0.3, 0.4) is 0 Å². The quantitative estimate of drug-likeness (QED) is 0.306. The lowest BCUT2D eigenvalue weighted by Crippen LogP contribution is -2.63. The highest BCUT2D eigenvalue weighted by Gasteiger charge is 2.59. The summed E-state index contributed by atoms with van der Waals surface area (Å²) in [5.74, 6) is -0.789. The van der Waals surface area contributed by atoms with Crippen molar-refractivity contribution in [2.75, 3.05) is 25.1 Å². The number of ether oxygens (including phenoxy) is 1. The van der Waals surface area contributed by atoms with Crippen LogP contribution >= 0.6 is 11.6 Å². The lowest BCUT2D eigenvalue weighted by atomic mass is 9.56. The molecule has 4 aliphatic rings. The van der Waals surface area contributed by atoms with Crippen LogP contribution < -0.4 is 10.9 Å². The zero-order chi connectivity index (χ0) is 35.8. The van der Waals surface area contributed by atoms with E-state index in [1.165, 1.54) is 10.8 Å². The SMILES string of the molecule is Cc1ncnc(C(=O)N2CCC3(CCc4c3c(=O)n3nc(C5=CCOCC5)nc3n4CC(=O)Nc3ccc(C(F)(F)F)cc3Cl)C3CCC32)c1O. The Morgan fingerprint density at radius 3 is 2.71 bits per heavy atom. The van der Waals surface area contributed by atoms with Crippen LogP contribution in [0.15, 0.2) is 35.4 Å². The molecule has 1 saturated heterocycles. The third-order valence-corrected chi connectivity index (χ3v) is 11.2. The van der Waals surface area contributed by atoms with Crippen molar-refractivity contribution in [3.63, 3.8) is 0 Å². The van der Waals surface area contributed by atoms with Gasteiger partial charge in [0.1, 0.15) is 12.9 Å². The lowest BCUT2D eigenvalue weighted by molar-refractivity contribution is -0.137. The van der Waals surface area contributed by atoms with E-state index in [0.29, 0.717) is 68.2 Å². The Morgan fingerprint density at radius 1 is 1.18 bits per heavy atom. The van der Waals surface area contributed by atoms with Crippen molar-refractivity contribution >= 4 is 40.5 Å². The Bertz CT molecular complexity index is 2220. The molecule has 1 saturated carbocycles. The van der Waals surface area contributed by atoms with Gasteiger partial charge in [0.15, 0.2) is 17.3 Å². The highest BCUT2D eigenvalue weighted by atomic mass is 35.5. The molecule has 2 aliphatic heterocycles. The topological polar surface area (TPSA) is 157 Å². The van der Waals surface area contributed by atoms with Crippen molar-refractivity contribution in [1.29, 1.82) is 0 Å². The third-order valence-electron chi connectivity index (χ3n) is 10.9. The van der Waals surface area contributed by atoms with E-state index in [1.54, 1.807) is 16.4 Å². The number of aryl methyl sites for hydroxylation is 1. The Hall–Kier alpha value is -4.83. The first-order valence-corrected chi connectivity index (χ1v) is 17.0. The number of benzene rings is 1. The first kappa shape index (κ1) is 33.3. The van der Waals surface area contributed by atoms with Crippen molar-refractivity contribution in [3.8, 4) is 5.75 Å². The average Bonchev–Trinajstić information content (AvgIpc) is 3.69. The van der Waals surface area contributed by atoms with Crippen LogP contribution in [0.2, 0.25) is 5.02 Å². The maximum absolute atomic E-state index is 14.5. The fraction of sp³-hybridized carbons (Fsp3) is 0.441. The molecule has 2 N–H and O–H groups in total. The van der Waals surface area contributed by atoms with Crippen molar-refractivity contribution in [2.24, 2.45) is 5.92 Å². The minimum atomic E-state index is -4.60. The van der Waals surface area contributed by atoms with E-state index in [4.69, 9.17) is 21.3 Å². The summed E-state index contributed by atoms with van der Waals surface area (Å²) >= 11 is 6.15. The molecule has 8 rings (SSSR count). The van der Waals surface area contributed by atoms with Gasteiger partial charge in [-0.2, -0.15) is 22.7 Å². The summed E-state index contributed by atoms with van der Waals surface area (Å²) in [4.78, 5) is 56.3. The molecule has 1 spiro atoms. The van der Waals surface area contributed by atoms with Crippen LogP contribution in [0.5, 0.6) is 5.75 Å². The maximum atomic E-state index is 14.5. The van der Waals surface area contributed by atoms with E-state index < -0.39 is 29.0 Å². The van der Waals surface area contributed by atoms with Crippen LogP contribution in [0, 0.1) is 12.8 Å². The molecule has 3 atom stereocenters. The van der Waals surface area contributed by atoms with Crippen LogP contribution in [0.25, 0.3) is 11.4 Å². The van der Waals surface area contributed by atoms with Crippen molar-refractivity contribution in [1.82, 2.24) is 34.0 Å². The molecule has 51 heavy (non-hydrogen) atoms. The number of piperidine rings is 1. The number of fused-ring (bicyclic) bond motifs is 5. The van der Waals surface area contributed by atoms with Gasteiger partial charge in [0.05, 0.1) is 35.2 Å². The van der Waals surface area contributed by atoms with Gasteiger partial charge in [-0.3, -0.25) is 14.4 Å². The average molecular weight is 725 g/mol. The number of aromatic hydroxyl groups is 1. The van der Waals surface area contributed by atoms with Crippen molar-refractivity contribution < 1.29 is 32.6 Å². The van der Waals surface area contributed by atoms with Crippen LogP contribution in [0.1, 0.15) is 70.9 Å². The van der Waals surface area contributed by atoms with Gasteiger partial charge in [-0.15, -0.1) is 5.10 Å². The summed E-state index contributed by atoms with van der Waals surface area (Å²) in [5, 5.41) is 17.5. The number of rotatable bonds is 5. The Balaban J connectivity index is 1.18. The highest BCUT2D eigenvalue weighted by molar-refractivity contribution is 6.33. The van der Waals surface area contributed by atoms with Gasteiger partial charge in [-0.1, -0.05) is 17.7 Å². The summed E-state index contributed by atoms with van der Waals surface area (Å²) < 4.78 is 48.1. The molecule has 3 aromatic heterocycles. The van der Waals surface area contributed by atoms with E-state index in [-0.39, 0.29) is 52.0 Å². The van der Waals surface area contributed by atoms with Crippen molar-refractivity contribution in [3.05, 3.63) is 80.0 Å². The molecule has 0 radical (unpaired) electrons. The monoisotopic (exact) mass is 724 g/mol. The summed E-state index contributed by atoms with van der Waals surface area (Å²) in [6.07, 6.45) is 2.05. The fourth-order valence-corrected chi connectivity index (χ4v) is 8.52. The molecule has 4 aromatic rings. The molecule has 266 valence electrons. The van der Waals surface area contributed by atoms with Gasteiger partial charge < -0.3 is 24.6 Å². The molecule has 2 aliphatic carbocycles. The third kappa shape index (κ3) is 5.37. The number of amides is 2. The zero-order valence-electron chi connectivity index (χ0n) is 27.3. The first-order chi connectivity index (χ1) is 24.4. The predicted molar refractivity (Wildman–Crippen MR) is 176 cm³/mol. The number of alkyl halides is 3. The summed E-state index contributed by atoms with van der Waals surface area (Å²) in [6.45, 7) is 2.44. The number of nitrogens with zero attached hydrogens (tertiary/aromatic N) is 7. The molecule has 1 aromatic carbocycles. The standard InChI is InChI=1S/C34H32ClF3N8O5/c1-17-28(48)27(40-16-39-17)31(50)44-11-10-33(20-3-5-23(20)44)9-6-24-26(33)30(49)46-32(42-29(43-46)18-7-12-51-13-8-18)45(24)15-25(47)41-22-4-2-19(14-21(22)35)34(36,37)38/h2,4,7,14,16,20,23,48H,3,5-6,8-13,15H2,1H3,(H,41,47). The summed E-state index contributed by atoms with van der Waals surface area (Å²) in [5.41, 5.74) is 0.343. The van der Waals surface area contributed by atoms with E-state index >= 15 is 0 Å². The first-order valence-electron chi connectivity index (χ1n) is 16.7. The minimum Gasteiger partial charge on any atom is -0.504 e. The number of hydrogen-bond acceptors (Lipinski definition) is 9. The van der Waals surface area contributed by atoms with E-state index in [0.717, 1.165) is 36.6 Å². The number of likely N-dealkylation sites (tertiary alicyclic amines) is 1. The molecule has 2 fully saturated rings. The molecule has 3 unspecified atom stereocenters. The number of carbonyl (C=O) groups excluding carboxylic acids is 2. The van der Waals surface area contributed by atoms with Gasteiger partial charge in [-0.05, 0) is 75.1 Å². The Morgan fingerprint density at radius 2 is 2.00 bits per heavy atom. The largest absolute Gasteiger partial charge is 0.504 e. The minimum absolute atomic E-state index is 0.00799. The smallest absolute Gasteiger partial charge is 0.416 e. The number of halogens is 4. The second kappa shape index (κ2) is 12.1. The summed E-state index contributed by atoms with van der Waals surface area (Å²) in [6, 6.07) is 2.50. The number of carbonyl (C=O) groups is 2. The predicted octanol–water partition coefficient (Wildman–Crippen LogP) is 4.32. The maximum Gasteiger partial charge on any atom is 0.416 e. The molecule has 2 amide bonds. The lowest BCUT2D eigenvalue weighted by Gasteiger charge is -2.57. The fourth-order valence-electron chi connectivity index (χ4n) is 8.29. The number of anilines is 1. The number of nitrogens with one attached hydrogen (secondary N) is 1. The van der Waals surface area contributed by atoms with E-state index in [9.17, 15) is 32.7 Å². The van der Waals surface area contributed by atoms with Gasteiger partial charge >= 0.3 is 6.18 Å². The van der Waals surface area contributed by atoms with Gasteiger partial charge in [-0.25, -0.2) is 9.97 Å². The molecule has 17 heteroatoms. The van der Waals surface area contributed by atoms with Gasteiger partial charge in [0.2, 0.25) is 11.7 Å². The molecule has 5 heterocycles. The van der Waals surface area contributed by atoms with Crippen LogP contribution in [-0.4, -0.2) is 76.8 Å². The Kier molecular flexibility index (Phi) is 7.94. The van der Waals surface area contributed by atoms with E-state index in [2.05, 4.69) is 20.4 Å². The van der Waals surface area contributed by atoms with Gasteiger partial charge in [0, 0.05) is 29.3 Å². The van der Waals surface area contributed by atoms with E-state index in [1.807, 2.05) is 6.08 Å². The summed E-state index contributed by atoms with van der Waals surface area (Å²) in [7, 11) is 0.